The van der Waals surface area contributed by atoms with Crippen LogP contribution in [0, 0.1) is 0 Å². The van der Waals surface area contributed by atoms with Crippen LogP contribution in [0.3, 0.4) is 0 Å². The van der Waals surface area contributed by atoms with E-state index in [1.807, 2.05) is 36.4 Å². The summed E-state index contributed by atoms with van der Waals surface area (Å²) in [6.07, 6.45) is 0.209. The summed E-state index contributed by atoms with van der Waals surface area (Å²) in [7, 11) is 0. The van der Waals surface area contributed by atoms with Crippen LogP contribution in [0.1, 0.15) is 46.3 Å². The Morgan fingerprint density at radius 3 is 2.49 bits per heavy atom. The van der Waals surface area contributed by atoms with Crippen LogP contribution in [0.5, 0.6) is 0 Å². The molecular formula is C25H21BrN4O4S. The molecule has 0 bridgehead atoms. The lowest BCUT2D eigenvalue weighted by Gasteiger charge is -2.19. The number of benzene rings is 2. The Morgan fingerprint density at radius 2 is 1.80 bits per heavy atom. The predicted octanol–water partition coefficient (Wildman–Crippen LogP) is 4.31. The minimum absolute atomic E-state index is 0.00958. The fourth-order valence-corrected chi connectivity index (χ4v) is 4.83. The van der Waals surface area contributed by atoms with E-state index >= 15 is 0 Å². The van der Waals surface area contributed by atoms with E-state index in [2.05, 4.69) is 31.8 Å². The zero-order chi connectivity index (χ0) is 25.1. The zero-order valence-electron chi connectivity index (χ0n) is 18.9. The number of Topliss-reactive ketones (excluding diaryl/α,β-unsaturated/α-hetero) is 1. The van der Waals surface area contributed by atoms with Gasteiger partial charge in [0.05, 0.1) is 17.9 Å². The molecule has 0 aliphatic heterocycles. The highest BCUT2D eigenvalue weighted by atomic mass is 79.9. The number of pyridine rings is 1. The molecule has 0 radical (unpaired) electrons. The molecule has 2 aromatic heterocycles. The number of halogens is 1. The van der Waals surface area contributed by atoms with Crippen LogP contribution < -0.4 is 16.4 Å². The molecule has 8 nitrogen and oxygen atoms in total. The number of nitrogens with zero attached hydrogens (tertiary/aromatic N) is 2. The number of aromatic nitrogens is 2. The van der Waals surface area contributed by atoms with Gasteiger partial charge in [0.1, 0.15) is 0 Å². The molecule has 10 heteroatoms. The normalized spacial score (nSPS) is 10.8. The first-order chi connectivity index (χ1) is 16.8. The molecule has 2 amide bonds. The fraction of sp³-hybridized carbons (Fsp3) is 0.160. The summed E-state index contributed by atoms with van der Waals surface area (Å²) in [5.41, 5.74) is 6.40. The van der Waals surface area contributed by atoms with E-state index in [9.17, 15) is 19.2 Å². The van der Waals surface area contributed by atoms with Crippen LogP contribution in [0.2, 0.25) is 0 Å². The number of nitrogens with one attached hydrogen (secondary N) is 2. The Labute approximate surface area is 213 Å². The van der Waals surface area contributed by atoms with Gasteiger partial charge in [0.15, 0.2) is 10.8 Å². The molecule has 0 spiro atoms. The lowest BCUT2D eigenvalue weighted by atomic mass is 9.94. The van der Waals surface area contributed by atoms with Crippen molar-refractivity contribution in [3.8, 4) is 11.1 Å². The second-order valence-electron chi connectivity index (χ2n) is 7.73. The van der Waals surface area contributed by atoms with Crippen molar-refractivity contribution in [2.45, 2.75) is 26.8 Å². The van der Waals surface area contributed by atoms with Gasteiger partial charge < -0.3 is 0 Å². The average Bonchev–Trinajstić information content (AvgIpc) is 3.32. The van der Waals surface area contributed by atoms with Crippen LogP contribution in [-0.2, 0) is 11.3 Å². The van der Waals surface area contributed by atoms with E-state index in [1.54, 1.807) is 24.4 Å². The minimum atomic E-state index is -0.568. The van der Waals surface area contributed by atoms with Crippen LogP contribution in [0.4, 0.5) is 0 Å². The number of amides is 2. The second-order valence-corrected chi connectivity index (χ2v) is 9.50. The number of hydrogen-bond acceptors (Lipinski definition) is 6. The molecule has 2 aromatic carbocycles. The third-order valence-electron chi connectivity index (χ3n) is 5.30. The highest BCUT2D eigenvalue weighted by molar-refractivity contribution is 9.10. The molecule has 2 N–H and O–H groups in total. The maximum absolute atomic E-state index is 13.6. The van der Waals surface area contributed by atoms with E-state index < -0.39 is 11.8 Å². The number of rotatable bonds is 6. The minimum Gasteiger partial charge on any atom is -0.298 e. The van der Waals surface area contributed by atoms with E-state index in [0.29, 0.717) is 27.7 Å². The first-order valence-corrected chi connectivity index (χ1v) is 12.4. The summed E-state index contributed by atoms with van der Waals surface area (Å²) >= 11 is 4.57. The third kappa shape index (κ3) is 5.08. The molecule has 0 aliphatic rings. The molecule has 0 fully saturated rings. The maximum Gasteiger partial charge on any atom is 0.298 e. The zero-order valence-corrected chi connectivity index (χ0v) is 21.3. The summed E-state index contributed by atoms with van der Waals surface area (Å²) in [6.45, 7) is 3.04. The largest absolute Gasteiger partial charge is 0.298 e. The Balaban J connectivity index is 1.90. The van der Waals surface area contributed by atoms with Crippen LogP contribution in [0.15, 0.2) is 63.2 Å². The van der Waals surface area contributed by atoms with Crippen molar-refractivity contribution >= 4 is 55.6 Å². The number of carbonyl (C=O) groups is 3. The van der Waals surface area contributed by atoms with Crippen molar-refractivity contribution in [1.29, 1.82) is 0 Å². The average molecular weight is 553 g/mol. The number of carbonyl (C=O) groups excluding carboxylic acids is 3. The van der Waals surface area contributed by atoms with Gasteiger partial charge in [-0.05, 0) is 29.1 Å². The van der Waals surface area contributed by atoms with Crippen molar-refractivity contribution < 1.29 is 14.4 Å². The molecule has 4 rings (SSSR count). The van der Waals surface area contributed by atoms with Crippen molar-refractivity contribution in [2.24, 2.45) is 0 Å². The highest BCUT2D eigenvalue weighted by Crippen LogP contribution is 2.33. The lowest BCUT2D eigenvalue weighted by Crippen LogP contribution is -2.40. The topological polar surface area (TPSA) is 110 Å². The van der Waals surface area contributed by atoms with Crippen molar-refractivity contribution in [1.82, 2.24) is 20.4 Å². The smallest absolute Gasteiger partial charge is 0.298 e. The standard InChI is InChI=1S/C25H21BrN4O4S/c1-3-20(32)22-21(15-7-5-4-6-8-15)19-11-16(26)9-10-18(19)25(34)30(22)12-17-13-35-24(27-17)23(33)29-28-14(2)31/h4-11,13H,3,12H2,1-2H3,(H,28,31)(H,29,33). The summed E-state index contributed by atoms with van der Waals surface area (Å²) in [5.74, 6) is -1.16. The van der Waals surface area contributed by atoms with Crippen molar-refractivity contribution in [2.75, 3.05) is 0 Å². The summed E-state index contributed by atoms with van der Waals surface area (Å²) < 4.78 is 2.23. The maximum atomic E-state index is 13.6. The van der Waals surface area contributed by atoms with Crippen molar-refractivity contribution in [3.63, 3.8) is 0 Å². The molecule has 0 saturated carbocycles. The van der Waals surface area contributed by atoms with E-state index in [-0.39, 0.29) is 29.3 Å². The number of fused-ring (bicyclic) bond motifs is 1. The quantitative estimate of drug-likeness (QED) is 0.273. The summed E-state index contributed by atoms with van der Waals surface area (Å²) in [4.78, 5) is 54.5. The summed E-state index contributed by atoms with van der Waals surface area (Å²) in [6, 6.07) is 14.8. The lowest BCUT2D eigenvalue weighted by molar-refractivity contribution is -0.119. The van der Waals surface area contributed by atoms with Gasteiger partial charge in [0.25, 0.3) is 11.5 Å². The van der Waals surface area contributed by atoms with Gasteiger partial charge in [0, 0.05) is 34.1 Å². The number of thiazole rings is 1. The predicted molar refractivity (Wildman–Crippen MR) is 138 cm³/mol. The van der Waals surface area contributed by atoms with Gasteiger partial charge >= 0.3 is 0 Å². The second kappa shape index (κ2) is 10.3. The van der Waals surface area contributed by atoms with E-state index in [4.69, 9.17) is 0 Å². The fourth-order valence-electron chi connectivity index (χ4n) is 3.77. The van der Waals surface area contributed by atoms with E-state index in [0.717, 1.165) is 21.4 Å². The first kappa shape index (κ1) is 24.5. The monoisotopic (exact) mass is 552 g/mol. The van der Waals surface area contributed by atoms with Gasteiger partial charge in [-0.1, -0.05) is 53.2 Å². The molecule has 178 valence electrons. The molecule has 4 aromatic rings. The number of ketones is 1. The number of hydrogen-bond donors (Lipinski definition) is 2. The van der Waals surface area contributed by atoms with E-state index in [1.165, 1.54) is 11.5 Å². The Bertz CT molecular complexity index is 1510. The molecule has 0 aliphatic carbocycles. The van der Waals surface area contributed by atoms with Crippen LogP contribution >= 0.6 is 27.3 Å². The molecular weight excluding hydrogens is 532 g/mol. The van der Waals surface area contributed by atoms with Gasteiger partial charge in [-0.2, -0.15) is 0 Å². The van der Waals surface area contributed by atoms with Gasteiger partial charge in [-0.3, -0.25) is 34.6 Å². The SMILES string of the molecule is CCC(=O)c1c(-c2ccccc2)c2cc(Br)ccc2c(=O)n1Cc1csc(C(=O)NNC(C)=O)n1. The molecule has 2 heterocycles. The highest BCUT2D eigenvalue weighted by Gasteiger charge is 2.23. The Hall–Kier alpha value is -3.63. The third-order valence-corrected chi connectivity index (χ3v) is 6.68. The van der Waals surface area contributed by atoms with Crippen molar-refractivity contribution in [3.05, 3.63) is 85.1 Å². The Kier molecular flexibility index (Phi) is 7.23. The molecule has 0 saturated heterocycles. The van der Waals surface area contributed by atoms with Gasteiger partial charge in [-0.25, -0.2) is 4.98 Å². The molecule has 0 atom stereocenters. The first-order valence-electron chi connectivity index (χ1n) is 10.8. The van der Waals surface area contributed by atoms with Crippen LogP contribution in [0.25, 0.3) is 21.9 Å². The molecule has 0 unspecified atom stereocenters. The number of hydrazine groups is 1. The van der Waals surface area contributed by atoms with Crippen LogP contribution in [-0.4, -0.2) is 27.1 Å². The van der Waals surface area contributed by atoms with Gasteiger partial charge in [-0.15, -0.1) is 11.3 Å². The summed E-state index contributed by atoms with van der Waals surface area (Å²) in [5, 5.41) is 2.93. The Morgan fingerprint density at radius 1 is 1.06 bits per heavy atom. The molecule has 35 heavy (non-hydrogen) atoms. The van der Waals surface area contributed by atoms with Gasteiger partial charge in [0.2, 0.25) is 5.91 Å².